The molecule has 5 rings (SSSR count). The Morgan fingerprint density at radius 2 is 2.00 bits per heavy atom. The highest BCUT2D eigenvalue weighted by Crippen LogP contribution is 2.65. The van der Waals surface area contributed by atoms with E-state index < -0.39 is 29.0 Å². The number of carbonyl (C=O) groups excluding carboxylic acids is 1. The Hall–Kier alpha value is -2.54. The molecular formula is C20H21NO6. The maximum atomic E-state index is 13.3. The fourth-order valence-electron chi connectivity index (χ4n) is 5.50. The van der Waals surface area contributed by atoms with Crippen molar-refractivity contribution in [2.24, 2.45) is 11.3 Å². The van der Waals surface area contributed by atoms with Gasteiger partial charge in [-0.3, -0.25) is 9.59 Å². The Morgan fingerprint density at radius 3 is 2.67 bits per heavy atom. The molecule has 0 saturated carbocycles. The summed E-state index contributed by atoms with van der Waals surface area (Å²) in [6.45, 7) is 2.16. The van der Waals surface area contributed by atoms with Crippen molar-refractivity contribution in [2.45, 2.75) is 31.1 Å². The number of nitrogens with zero attached hydrogens (tertiary/aromatic N) is 1. The van der Waals surface area contributed by atoms with Crippen LogP contribution < -0.4 is 9.47 Å². The second-order valence-electron chi connectivity index (χ2n) is 7.86. The first kappa shape index (κ1) is 16.6. The van der Waals surface area contributed by atoms with Crippen molar-refractivity contribution in [1.29, 1.82) is 0 Å². The van der Waals surface area contributed by atoms with Gasteiger partial charge < -0.3 is 24.2 Å². The van der Waals surface area contributed by atoms with Gasteiger partial charge in [-0.25, -0.2) is 0 Å². The minimum Gasteiger partial charge on any atom is -0.493 e. The van der Waals surface area contributed by atoms with E-state index in [2.05, 4.69) is 0 Å². The van der Waals surface area contributed by atoms with Crippen LogP contribution in [0.25, 0.3) is 0 Å². The third kappa shape index (κ3) is 1.71. The predicted octanol–water partition coefficient (Wildman–Crippen LogP) is 1.56. The van der Waals surface area contributed by atoms with Gasteiger partial charge in [0, 0.05) is 6.54 Å². The molecule has 0 aliphatic carbocycles. The number of benzene rings is 1. The second-order valence-corrected chi connectivity index (χ2v) is 7.86. The zero-order valence-corrected chi connectivity index (χ0v) is 15.4. The normalized spacial score (nSPS) is 37.8. The van der Waals surface area contributed by atoms with Crippen LogP contribution >= 0.6 is 0 Å². The van der Waals surface area contributed by atoms with Gasteiger partial charge in [0.25, 0.3) is 0 Å². The molecule has 7 heteroatoms. The zero-order chi connectivity index (χ0) is 19.1. The van der Waals surface area contributed by atoms with Crippen molar-refractivity contribution in [3.63, 3.8) is 0 Å². The summed E-state index contributed by atoms with van der Waals surface area (Å²) in [6.07, 6.45) is 3.78. The number of amides is 1. The number of ether oxygens (including phenoxy) is 3. The Kier molecular flexibility index (Phi) is 3.10. The molecular weight excluding hydrogens is 350 g/mol. The van der Waals surface area contributed by atoms with E-state index in [1.807, 2.05) is 18.2 Å². The summed E-state index contributed by atoms with van der Waals surface area (Å²) in [5.74, 6) is -0.642. The third-order valence-corrected chi connectivity index (χ3v) is 6.80. The Balaban J connectivity index is 1.71. The third-order valence-electron chi connectivity index (χ3n) is 6.80. The lowest BCUT2D eigenvalue weighted by Crippen LogP contribution is -2.47. The lowest BCUT2D eigenvalue weighted by atomic mass is 9.64. The lowest BCUT2D eigenvalue weighted by molar-refractivity contribution is -0.156. The highest BCUT2D eigenvalue weighted by atomic mass is 16.5. The summed E-state index contributed by atoms with van der Waals surface area (Å²) in [6, 6.07) is 3.48. The lowest BCUT2D eigenvalue weighted by Gasteiger charge is -2.38. The molecule has 1 aromatic rings. The summed E-state index contributed by atoms with van der Waals surface area (Å²) in [4.78, 5) is 27.2. The smallest absolute Gasteiger partial charge is 0.313 e. The minimum atomic E-state index is -1.26. The molecule has 2 saturated heterocycles. The first-order valence-electron chi connectivity index (χ1n) is 9.04. The zero-order valence-electron chi connectivity index (χ0n) is 15.4. The molecule has 5 atom stereocenters. The number of hydrogen-bond acceptors (Lipinski definition) is 5. The Bertz CT molecular complexity index is 910. The number of methoxy groups -OCH3 is 2. The molecule has 4 aliphatic rings. The van der Waals surface area contributed by atoms with Crippen molar-refractivity contribution >= 4 is 11.9 Å². The molecule has 7 nitrogen and oxygen atoms in total. The molecule has 0 aromatic heterocycles. The van der Waals surface area contributed by atoms with Crippen molar-refractivity contribution in [1.82, 2.24) is 4.90 Å². The quantitative estimate of drug-likeness (QED) is 0.812. The van der Waals surface area contributed by atoms with Crippen LogP contribution in [0.5, 0.6) is 11.5 Å². The first-order chi connectivity index (χ1) is 12.9. The molecule has 1 aromatic carbocycles. The van der Waals surface area contributed by atoms with E-state index in [0.717, 1.165) is 11.1 Å². The predicted molar refractivity (Wildman–Crippen MR) is 93.7 cm³/mol. The monoisotopic (exact) mass is 371 g/mol. The summed E-state index contributed by atoms with van der Waals surface area (Å²) in [5.41, 5.74) is -0.209. The van der Waals surface area contributed by atoms with Crippen LogP contribution in [-0.2, 0) is 20.7 Å². The molecule has 1 amide bonds. The van der Waals surface area contributed by atoms with Crippen LogP contribution in [0.2, 0.25) is 0 Å². The minimum absolute atomic E-state index is 0.141. The molecule has 142 valence electrons. The highest BCUT2D eigenvalue weighted by molar-refractivity contribution is 5.94. The first-order valence-corrected chi connectivity index (χ1v) is 9.04. The average molecular weight is 371 g/mol. The van der Waals surface area contributed by atoms with Gasteiger partial charge in [0.1, 0.15) is 11.0 Å². The van der Waals surface area contributed by atoms with Gasteiger partial charge in [-0.15, -0.1) is 0 Å². The number of hydrogen-bond donors (Lipinski definition) is 1. The van der Waals surface area contributed by atoms with E-state index in [9.17, 15) is 14.7 Å². The van der Waals surface area contributed by atoms with Gasteiger partial charge in [-0.2, -0.15) is 0 Å². The average Bonchev–Trinajstić information content (AvgIpc) is 3.29. The summed E-state index contributed by atoms with van der Waals surface area (Å²) in [5, 5.41) is 9.91. The standard InChI is InChI=1S/C20H21NO6/c1-19(18(23)24)14-4-6-20(27-14)15(19)17(22)21-7-5-10-8-12(25-2)13(26-3)9-11(10)16(20)21/h4,6,8-9,14-16H,5,7H2,1-3H3,(H,23,24)/t14-,15-,16-,19-,20+/m0/s1. The van der Waals surface area contributed by atoms with Gasteiger partial charge in [0.2, 0.25) is 5.91 Å². The van der Waals surface area contributed by atoms with Crippen LogP contribution in [0, 0.1) is 11.3 Å². The molecule has 2 bridgehead atoms. The van der Waals surface area contributed by atoms with Crippen LogP contribution in [0.1, 0.15) is 24.1 Å². The molecule has 4 aliphatic heterocycles. The van der Waals surface area contributed by atoms with Gasteiger partial charge in [0.15, 0.2) is 11.5 Å². The number of carboxylic acid groups (broad SMARTS) is 1. The fraction of sp³-hybridized carbons (Fsp3) is 0.500. The molecule has 2 fully saturated rings. The van der Waals surface area contributed by atoms with Crippen molar-refractivity contribution in [2.75, 3.05) is 20.8 Å². The number of carbonyl (C=O) groups is 2. The van der Waals surface area contributed by atoms with Gasteiger partial charge in [-0.05, 0) is 36.6 Å². The van der Waals surface area contributed by atoms with E-state index in [1.165, 1.54) is 0 Å². The highest BCUT2D eigenvalue weighted by Gasteiger charge is 2.76. The van der Waals surface area contributed by atoms with E-state index in [-0.39, 0.29) is 11.9 Å². The van der Waals surface area contributed by atoms with E-state index >= 15 is 0 Å². The largest absolute Gasteiger partial charge is 0.493 e. The topological polar surface area (TPSA) is 85.3 Å². The number of aliphatic carboxylic acids is 1. The van der Waals surface area contributed by atoms with Crippen molar-refractivity contribution in [3.05, 3.63) is 35.4 Å². The summed E-state index contributed by atoms with van der Waals surface area (Å²) < 4.78 is 17.1. The second kappa shape index (κ2) is 5.04. The van der Waals surface area contributed by atoms with Crippen LogP contribution in [0.4, 0.5) is 0 Å². The van der Waals surface area contributed by atoms with Gasteiger partial charge >= 0.3 is 5.97 Å². The number of rotatable bonds is 3. The molecule has 0 radical (unpaired) electrons. The van der Waals surface area contributed by atoms with E-state index in [4.69, 9.17) is 14.2 Å². The summed E-state index contributed by atoms with van der Waals surface area (Å²) >= 11 is 0. The molecule has 4 heterocycles. The molecule has 1 spiro atoms. The molecule has 27 heavy (non-hydrogen) atoms. The van der Waals surface area contributed by atoms with E-state index in [1.54, 1.807) is 32.1 Å². The molecule has 1 N–H and O–H groups in total. The maximum absolute atomic E-state index is 13.3. The fourth-order valence-corrected chi connectivity index (χ4v) is 5.50. The van der Waals surface area contributed by atoms with E-state index in [0.29, 0.717) is 24.5 Å². The van der Waals surface area contributed by atoms with Crippen LogP contribution in [-0.4, -0.2) is 54.4 Å². The number of fused-ring (bicyclic) bond motifs is 4. The maximum Gasteiger partial charge on any atom is 0.313 e. The number of carboxylic acids is 1. The SMILES string of the molecule is COc1cc2c(cc1OC)[C@@H]1N(CC2)C(=O)[C@@H]2[C@]13C=C[C@H](O3)[C@]2(C)C(=O)O. The van der Waals surface area contributed by atoms with Gasteiger partial charge in [0.05, 0.1) is 32.3 Å². The molecule has 0 unspecified atom stereocenters. The van der Waals surface area contributed by atoms with Gasteiger partial charge in [-0.1, -0.05) is 12.2 Å². The van der Waals surface area contributed by atoms with Crippen LogP contribution in [0.3, 0.4) is 0 Å². The summed E-state index contributed by atoms with van der Waals surface area (Å²) in [7, 11) is 3.17. The Labute approximate surface area is 156 Å². The van der Waals surface area contributed by atoms with Crippen molar-refractivity contribution < 1.29 is 28.9 Å². The van der Waals surface area contributed by atoms with Crippen molar-refractivity contribution in [3.8, 4) is 11.5 Å². The Morgan fingerprint density at radius 1 is 1.30 bits per heavy atom. The van der Waals surface area contributed by atoms with Crippen LogP contribution in [0.15, 0.2) is 24.3 Å².